The molecule has 0 radical (unpaired) electrons. The van der Waals surface area contributed by atoms with Gasteiger partial charge in [0.15, 0.2) is 0 Å². The molecule has 4 rings (SSSR count). The van der Waals surface area contributed by atoms with Crippen LogP contribution in [0.2, 0.25) is 0 Å². The Morgan fingerprint density at radius 3 is 2.38 bits per heavy atom. The summed E-state index contributed by atoms with van der Waals surface area (Å²) in [7, 11) is 0. The highest BCUT2D eigenvalue weighted by Crippen LogP contribution is 2.28. The maximum atomic E-state index is 11.4. The molecule has 4 heteroatoms. The molecule has 0 saturated heterocycles. The lowest BCUT2D eigenvalue weighted by molar-refractivity contribution is 0.0699. The zero-order chi connectivity index (χ0) is 16.5. The molecule has 0 fully saturated rings. The molecule has 1 N–H and O–H groups in total. The Bertz CT molecular complexity index is 997. The predicted octanol–water partition coefficient (Wildman–Crippen LogP) is 5.12. The number of carboxylic acids is 1. The van der Waals surface area contributed by atoms with Gasteiger partial charge in [0.05, 0.1) is 15.8 Å². The number of benzene rings is 2. The summed E-state index contributed by atoms with van der Waals surface area (Å²) in [5.74, 6) is -0.874. The summed E-state index contributed by atoms with van der Waals surface area (Å²) in [6, 6.07) is 20.6. The first-order chi connectivity index (χ1) is 11.7. The fraction of sp³-hybridized carbons (Fsp3) is 0.0500. The normalized spacial score (nSPS) is 11.0. The van der Waals surface area contributed by atoms with Crippen LogP contribution < -0.4 is 0 Å². The quantitative estimate of drug-likeness (QED) is 0.563. The summed E-state index contributed by atoms with van der Waals surface area (Å²) in [5.41, 5.74) is 4.70. The third kappa shape index (κ3) is 2.61. The number of hydrogen-bond acceptors (Lipinski definition) is 2. The summed E-state index contributed by atoms with van der Waals surface area (Å²) in [4.78, 5) is 11.4. The monoisotopic (exact) mass is 333 g/mol. The van der Waals surface area contributed by atoms with Crippen LogP contribution >= 0.6 is 11.3 Å². The number of thiophene rings is 1. The molecule has 0 bridgehead atoms. The summed E-state index contributed by atoms with van der Waals surface area (Å²) >= 11 is 1.47. The van der Waals surface area contributed by atoms with E-state index in [0.29, 0.717) is 12.1 Å². The molecule has 0 saturated carbocycles. The number of hydrogen-bond donors (Lipinski definition) is 1. The first kappa shape index (κ1) is 14.7. The minimum Gasteiger partial charge on any atom is -0.478 e. The molecule has 2 aromatic heterocycles. The smallest absolute Gasteiger partial charge is 0.338 e. The van der Waals surface area contributed by atoms with E-state index >= 15 is 0 Å². The second-order valence-corrected chi connectivity index (χ2v) is 6.59. The summed E-state index contributed by atoms with van der Waals surface area (Å²) < 4.78 is 3.01. The maximum Gasteiger partial charge on any atom is 0.338 e. The number of rotatable bonds is 4. The van der Waals surface area contributed by atoms with Gasteiger partial charge in [-0.05, 0) is 22.8 Å². The third-order valence-corrected chi connectivity index (χ3v) is 5.07. The standard InChI is InChI=1S/C20H15NO2S/c22-20(23)17-13-24-18-10-11-21(19(17)18)12-14-6-8-16(9-7-14)15-4-2-1-3-5-15/h1-11,13H,12H2,(H,22,23). The summed E-state index contributed by atoms with van der Waals surface area (Å²) in [5, 5.41) is 11.0. The van der Waals surface area contributed by atoms with Crippen LogP contribution in [0.15, 0.2) is 72.2 Å². The second kappa shape index (κ2) is 5.98. The van der Waals surface area contributed by atoms with Crippen LogP contribution in [-0.4, -0.2) is 15.6 Å². The van der Waals surface area contributed by atoms with Gasteiger partial charge in [0.1, 0.15) is 0 Å². The topological polar surface area (TPSA) is 42.2 Å². The molecule has 2 aromatic carbocycles. The Hall–Kier alpha value is -2.85. The average molecular weight is 333 g/mol. The number of aromatic carboxylic acids is 1. The Morgan fingerprint density at radius 2 is 1.67 bits per heavy atom. The fourth-order valence-electron chi connectivity index (χ4n) is 2.93. The lowest BCUT2D eigenvalue weighted by Crippen LogP contribution is -2.02. The van der Waals surface area contributed by atoms with Crippen molar-refractivity contribution in [3.8, 4) is 11.1 Å². The van der Waals surface area contributed by atoms with Crippen LogP contribution in [0.5, 0.6) is 0 Å². The molecule has 4 aromatic rings. The molecule has 118 valence electrons. The van der Waals surface area contributed by atoms with Gasteiger partial charge in [-0.3, -0.25) is 0 Å². The lowest BCUT2D eigenvalue weighted by Gasteiger charge is -2.07. The minimum atomic E-state index is -0.874. The Kier molecular flexibility index (Phi) is 3.67. The minimum absolute atomic E-state index is 0.376. The van der Waals surface area contributed by atoms with Crippen LogP contribution in [-0.2, 0) is 6.54 Å². The fourth-order valence-corrected chi connectivity index (χ4v) is 3.86. The first-order valence-corrected chi connectivity index (χ1v) is 8.54. The molecular weight excluding hydrogens is 318 g/mol. The van der Waals surface area contributed by atoms with Gasteiger partial charge in [0, 0.05) is 18.1 Å². The molecule has 0 aliphatic heterocycles. The summed E-state index contributed by atoms with van der Waals surface area (Å²) in [6.07, 6.45) is 1.96. The van der Waals surface area contributed by atoms with Gasteiger partial charge >= 0.3 is 5.97 Å². The van der Waals surface area contributed by atoms with Gasteiger partial charge in [-0.25, -0.2) is 4.79 Å². The third-order valence-electron chi connectivity index (χ3n) is 4.13. The number of carbonyl (C=O) groups is 1. The van der Waals surface area contributed by atoms with E-state index in [2.05, 4.69) is 36.4 Å². The second-order valence-electron chi connectivity index (χ2n) is 5.67. The highest BCUT2D eigenvalue weighted by molar-refractivity contribution is 7.17. The van der Waals surface area contributed by atoms with Crippen molar-refractivity contribution in [1.29, 1.82) is 0 Å². The van der Waals surface area contributed by atoms with Crippen LogP contribution in [0.4, 0.5) is 0 Å². The van der Waals surface area contributed by atoms with E-state index in [1.807, 2.05) is 35.0 Å². The summed E-state index contributed by atoms with van der Waals surface area (Å²) in [6.45, 7) is 0.662. The number of fused-ring (bicyclic) bond motifs is 1. The zero-order valence-corrected chi connectivity index (χ0v) is 13.7. The van der Waals surface area contributed by atoms with Crippen molar-refractivity contribution in [2.45, 2.75) is 6.54 Å². The number of aromatic nitrogens is 1. The SMILES string of the molecule is O=C(O)c1csc2ccn(Cc3ccc(-c4ccccc4)cc3)c12. The van der Waals surface area contributed by atoms with Gasteiger partial charge in [-0.1, -0.05) is 54.6 Å². The van der Waals surface area contributed by atoms with Crippen molar-refractivity contribution in [2.75, 3.05) is 0 Å². The number of carboxylic acid groups (broad SMARTS) is 1. The molecule has 0 aliphatic rings. The Morgan fingerprint density at radius 1 is 0.958 bits per heavy atom. The highest BCUT2D eigenvalue weighted by atomic mass is 32.1. The molecule has 24 heavy (non-hydrogen) atoms. The van der Waals surface area contributed by atoms with Gasteiger partial charge in [0.2, 0.25) is 0 Å². The Labute approximate surface area is 143 Å². The Balaban J connectivity index is 1.64. The van der Waals surface area contributed by atoms with Crippen molar-refractivity contribution in [3.05, 3.63) is 83.4 Å². The van der Waals surface area contributed by atoms with E-state index in [1.54, 1.807) is 5.38 Å². The first-order valence-electron chi connectivity index (χ1n) is 7.66. The predicted molar refractivity (Wildman–Crippen MR) is 97.8 cm³/mol. The van der Waals surface area contributed by atoms with Crippen LogP contribution in [0, 0.1) is 0 Å². The average Bonchev–Trinajstić information content (AvgIpc) is 3.19. The molecule has 0 amide bonds. The molecule has 3 nitrogen and oxygen atoms in total. The van der Waals surface area contributed by atoms with Gasteiger partial charge in [0.25, 0.3) is 0 Å². The number of nitrogens with zero attached hydrogens (tertiary/aromatic N) is 1. The van der Waals surface area contributed by atoms with Crippen molar-refractivity contribution in [3.63, 3.8) is 0 Å². The highest BCUT2D eigenvalue weighted by Gasteiger charge is 2.14. The van der Waals surface area contributed by atoms with Gasteiger partial charge < -0.3 is 9.67 Å². The van der Waals surface area contributed by atoms with E-state index in [4.69, 9.17) is 0 Å². The van der Waals surface area contributed by atoms with Crippen LogP contribution in [0.25, 0.3) is 21.3 Å². The van der Waals surface area contributed by atoms with Crippen LogP contribution in [0.1, 0.15) is 15.9 Å². The molecular formula is C20H15NO2S. The molecule has 0 atom stereocenters. The largest absolute Gasteiger partial charge is 0.478 e. The lowest BCUT2D eigenvalue weighted by atomic mass is 10.0. The zero-order valence-electron chi connectivity index (χ0n) is 12.8. The van der Waals surface area contributed by atoms with Crippen molar-refractivity contribution in [2.24, 2.45) is 0 Å². The van der Waals surface area contributed by atoms with Crippen LogP contribution in [0.3, 0.4) is 0 Å². The molecule has 0 unspecified atom stereocenters. The maximum absolute atomic E-state index is 11.4. The molecule has 0 aliphatic carbocycles. The van der Waals surface area contributed by atoms with E-state index in [0.717, 1.165) is 15.8 Å². The van der Waals surface area contributed by atoms with Gasteiger partial charge in [-0.15, -0.1) is 11.3 Å². The molecule has 2 heterocycles. The van der Waals surface area contributed by atoms with Crippen molar-refractivity contribution in [1.82, 2.24) is 4.57 Å². The van der Waals surface area contributed by atoms with E-state index in [1.165, 1.54) is 22.5 Å². The molecule has 0 spiro atoms. The van der Waals surface area contributed by atoms with E-state index in [9.17, 15) is 9.90 Å². The van der Waals surface area contributed by atoms with Crippen molar-refractivity contribution >= 4 is 27.5 Å². The van der Waals surface area contributed by atoms with Gasteiger partial charge in [-0.2, -0.15) is 0 Å². The van der Waals surface area contributed by atoms with E-state index in [-0.39, 0.29) is 0 Å². The van der Waals surface area contributed by atoms with E-state index < -0.39 is 5.97 Å². The van der Waals surface area contributed by atoms with Crippen molar-refractivity contribution < 1.29 is 9.90 Å².